The summed E-state index contributed by atoms with van der Waals surface area (Å²) >= 11 is 0. The Hall–Kier alpha value is -7.63. The van der Waals surface area contributed by atoms with Gasteiger partial charge in [-0.25, -0.2) is 19.8 Å². The van der Waals surface area contributed by atoms with Crippen LogP contribution in [0.4, 0.5) is 0 Å². The third kappa shape index (κ3) is 16.8. The van der Waals surface area contributed by atoms with Gasteiger partial charge in [-0.2, -0.15) is 0 Å². The molecule has 13 nitrogen and oxygen atoms in total. The van der Waals surface area contributed by atoms with Gasteiger partial charge in [-0.1, -0.05) is 37.8 Å². The van der Waals surface area contributed by atoms with E-state index in [9.17, 15) is 18.0 Å². The number of hydrogen-bond acceptors (Lipinski definition) is 9. The number of benzene rings is 1. The second-order valence-electron chi connectivity index (χ2n) is 11.2. The minimum atomic E-state index is -3.38. The largest absolute Gasteiger partial charge is 0.478 e. The van der Waals surface area contributed by atoms with E-state index in [0.717, 1.165) is 23.0 Å². The number of rotatable bonds is 7. The van der Waals surface area contributed by atoms with Crippen molar-refractivity contribution in [2.75, 3.05) is 5.88 Å². The van der Waals surface area contributed by atoms with Crippen molar-refractivity contribution in [3.05, 3.63) is 193 Å². The Morgan fingerprint density at radius 1 is 0.707 bits per heavy atom. The fraction of sp³-hybridized carbons (Fsp3) is 0.0909. The monoisotopic (exact) mass is 799 g/mol. The minimum Gasteiger partial charge on any atom is -0.478 e. The Bertz CT molecular complexity index is 2320. The zero-order valence-electron chi connectivity index (χ0n) is 31.3. The molecule has 1 aromatic carbocycles. The van der Waals surface area contributed by atoms with Gasteiger partial charge in [-0.15, -0.1) is 0 Å². The number of carboxylic acids is 1. The molecule has 6 heterocycles. The van der Waals surface area contributed by atoms with Crippen molar-refractivity contribution in [3.63, 3.8) is 0 Å². The number of nitrogens with zero attached hydrogens (tertiary/aromatic N) is 5. The SMILES string of the molecule is C.C=Cc1ccncc1.C=O.Cc1c[nH]cc1-c1ccncc1.O=C(O)c1c[nH]cc1-c1ccncc1.O=Cc1ccncc1.[C-]#[N+]CS(=O)(=O)c1ccc(C)cc1. The predicted molar refractivity (Wildman–Crippen MR) is 227 cm³/mol. The van der Waals surface area contributed by atoms with Gasteiger partial charge in [0.25, 0.3) is 9.84 Å². The standard InChI is InChI=1S/C10H8N2O2.C10H10N2.C9H9NO2S.C7H7N.C6H5NO.CH2O.CH4/c13-10(14)9-6-12-5-8(9)7-1-3-11-4-2-7;1-8-6-12-7-10(8)9-2-4-11-5-3-9;1-8-3-5-9(6-4-8)13(11,12)7-10-2;1-2-7-3-5-8-6-4-7;8-5-6-1-3-7-4-2-6;1-2;/h1-6,12H,(H,13,14);2-7,12H,1H3;3-6H,7H2,1H3;2-6H,1H2;1-5H;1H2;1H4. The number of nitrogens with one attached hydrogen (secondary N) is 2. The summed E-state index contributed by atoms with van der Waals surface area (Å²) in [6.45, 7) is 16.1. The second-order valence-corrected chi connectivity index (χ2v) is 13.2. The molecule has 6 aromatic heterocycles. The van der Waals surface area contributed by atoms with E-state index in [1.54, 1.807) is 85.9 Å². The first kappa shape index (κ1) is 48.4. The number of pyridine rings is 4. The summed E-state index contributed by atoms with van der Waals surface area (Å²) in [7, 11) is -3.38. The molecule has 3 N–H and O–H groups in total. The number of H-pyrrole nitrogens is 2. The fourth-order valence-electron chi connectivity index (χ4n) is 4.44. The van der Waals surface area contributed by atoms with Crippen LogP contribution in [0.15, 0.2) is 159 Å². The van der Waals surface area contributed by atoms with Gasteiger partial charge in [0.05, 0.1) is 10.5 Å². The van der Waals surface area contributed by atoms with Crippen molar-refractivity contribution < 1.29 is 27.9 Å². The lowest BCUT2D eigenvalue weighted by Gasteiger charge is -1.98. The average molecular weight is 800 g/mol. The topological polar surface area (TPSA) is 193 Å². The Morgan fingerprint density at radius 2 is 1.14 bits per heavy atom. The summed E-state index contributed by atoms with van der Waals surface area (Å²) in [6.07, 6.45) is 23.3. The molecule has 58 heavy (non-hydrogen) atoms. The molecule has 7 aromatic rings. The van der Waals surface area contributed by atoms with Crippen LogP contribution in [0.5, 0.6) is 0 Å². The molecule has 0 saturated carbocycles. The van der Waals surface area contributed by atoms with Gasteiger partial charge in [0.15, 0.2) is 0 Å². The molecule has 0 bridgehead atoms. The lowest BCUT2D eigenvalue weighted by atomic mass is 10.1. The van der Waals surface area contributed by atoms with E-state index in [1.165, 1.54) is 35.0 Å². The summed E-state index contributed by atoms with van der Waals surface area (Å²) in [5.41, 5.74) is 8.30. The molecule has 0 aliphatic heterocycles. The van der Waals surface area contributed by atoms with Crippen LogP contribution >= 0.6 is 0 Å². The smallest absolute Gasteiger partial charge is 0.337 e. The van der Waals surface area contributed by atoms with Gasteiger partial charge >= 0.3 is 11.8 Å². The van der Waals surface area contributed by atoms with Crippen molar-refractivity contribution in [3.8, 4) is 22.3 Å². The van der Waals surface area contributed by atoms with Gasteiger partial charge in [0, 0.05) is 91.1 Å². The Kier molecular flexibility index (Phi) is 22.6. The maximum Gasteiger partial charge on any atom is 0.337 e. The fourth-order valence-corrected chi connectivity index (χ4v) is 5.31. The van der Waals surface area contributed by atoms with Crippen LogP contribution < -0.4 is 0 Å². The molecule has 7 rings (SSSR count). The molecule has 14 heteroatoms. The number of sulfone groups is 1. The molecular weight excluding hydrogens is 755 g/mol. The minimum absolute atomic E-state index is 0. The van der Waals surface area contributed by atoms with Crippen LogP contribution in [0.2, 0.25) is 0 Å². The molecule has 0 aliphatic carbocycles. The predicted octanol–water partition coefficient (Wildman–Crippen LogP) is 8.88. The van der Waals surface area contributed by atoms with Crippen molar-refractivity contribution >= 4 is 35.0 Å². The number of carboxylic acid groups (broad SMARTS) is 1. The molecule has 0 spiro atoms. The van der Waals surface area contributed by atoms with Gasteiger partial charge in [0.2, 0.25) is 0 Å². The Morgan fingerprint density at radius 3 is 1.52 bits per heavy atom. The molecule has 0 amide bonds. The van der Waals surface area contributed by atoms with Crippen molar-refractivity contribution in [1.29, 1.82) is 0 Å². The highest BCUT2D eigenvalue weighted by molar-refractivity contribution is 7.91. The molecule has 0 fully saturated rings. The first-order valence-electron chi connectivity index (χ1n) is 16.7. The number of carbonyl (C=O) groups is 3. The highest BCUT2D eigenvalue weighted by Crippen LogP contribution is 2.23. The summed E-state index contributed by atoms with van der Waals surface area (Å²) < 4.78 is 22.7. The van der Waals surface area contributed by atoms with Crippen molar-refractivity contribution in [2.24, 2.45) is 0 Å². The molecule has 0 atom stereocenters. The van der Waals surface area contributed by atoms with Crippen LogP contribution in [0.3, 0.4) is 0 Å². The van der Waals surface area contributed by atoms with Gasteiger partial charge in [-0.05, 0) is 96.8 Å². The summed E-state index contributed by atoms with van der Waals surface area (Å²) in [5, 5.41) is 8.88. The van der Waals surface area contributed by atoms with Crippen LogP contribution in [0.25, 0.3) is 33.2 Å². The summed E-state index contributed by atoms with van der Waals surface area (Å²) in [4.78, 5) is 53.2. The number of carbonyl (C=O) groups excluding carboxylic acids is 2. The van der Waals surface area contributed by atoms with Gasteiger partial charge in [0.1, 0.15) is 13.1 Å². The second kappa shape index (κ2) is 27.0. The van der Waals surface area contributed by atoms with Crippen LogP contribution in [-0.2, 0) is 14.6 Å². The first-order chi connectivity index (χ1) is 27.6. The van der Waals surface area contributed by atoms with Crippen molar-refractivity contribution in [2.45, 2.75) is 26.2 Å². The van der Waals surface area contributed by atoms with Crippen LogP contribution in [0.1, 0.15) is 44.8 Å². The number of aromatic carboxylic acids is 1. The van der Waals surface area contributed by atoms with E-state index in [2.05, 4.69) is 48.3 Å². The van der Waals surface area contributed by atoms with Gasteiger partial charge in [-0.3, -0.25) is 29.6 Å². The number of aromatic nitrogens is 6. The quantitative estimate of drug-likeness (QED) is 0.104. The molecule has 298 valence electrons. The lowest BCUT2D eigenvalue weighted by Crippen LogP contribution is -2.02. The van der Waals surface area contributed by atoms with E-state index in [0.29, 0.717) is 11.1 Å². The normalized spacial score (nSPS) is 9.33. The molecule has 0 radical (unpaired) electrons. The molecular formula is C44H45N7O6S. The summed E-state index contributed by atoms with van der Waals surface area (Å²) in [5.74, 6) is -1.41. The molecule has 0 aliphatic rings. The maximum atomic E-state index is 11.3. The zero-order valence-corrected chi connectivity index (χ0v) is 32.1. The van der Waals surface area contributed by atoms with Crippen LogP contribution in [-0.4, -0.2) is 68.3 Å². The van der Waals surface area contributed by atoms with E-state index in [4.69, 9.17) is 16.5 Å². The van der Waals surface area contributed by atoms with Gasteiger partial charge < -0.3 is 19.9 Å². The zero-order chi connectivity index (χ0) is 41.9. The van der Waals surface area contributed by atoms with E-state index in [1.807, 2.05) is 62.8 Å². The first-order valence-corrected chi connectivity index (χ1v) is 18.4. The highest BCUT2D eigenvalue weighted by Gasteiger charge is 2.16. The van der Waals surface area contributed by atoms with Crippen LogP contribution in [0, 0.1) is 20.4 Å². The highest BCUT2D eigenvalue weighted by atomic mass is 32.2. The van der Waals surface area contributed by atoms with Crippen molar-refractivity contribution in [1.82, 2.24) is 29.9 Å². The van der Waals surface area contributed by atoms with E-state index >= 15 is 0 Å². The third-order valence-corrected chi connectivity index (χ3v) is 8.77. The average Bonchev–Trinajstić information content (AvgIpc) is 3.94. The third-order valence-electron chi connectivity index (χ3n) is 7.31. The lowest BCUT2D eigenvalue weighted by molar-refractivity contribution is -0.0980. The number of aryl methyl sites for hydroxylation is 2. The Balaban J connectivity index is 0.000000363. The number of aromatic amines is 2. The molecule has 0 unspecified atom stereocenters. The van der Waals surface area contributed by atoms with E-state index < -0.39 is 21.7 Å². The summed E-state index contributed by atoms with van der Waals surface area (Å²) in [6, 6.07) is 21.2. The Labute approximate surface area is 339 Å². The number of hydrogen-bond donors (Lipinski definition) is 3. The maximum absolute atomic E-state index is 11.3. The number of aldehydes is 1. The van der Waals surface area contributed by atoms with E-state index in [-0.39, 0.29) is 17.9 Å². The molecule has 0 saturated heterocycles.